The van der Waals surface area contributed by atoms with Crippen LogP contribution in [0.1, 0.15) is 30.4 Å². The summed E-state index contributed by atoms with van der Waals surface area (Å²) in [5.41, 5.74) is 2.08. The van der Waals surface area contributed by atoms with E-state index in [-0.39, 0.29) is 0 Å². The SMILES string of the molecule is COc1ccc2c(Cc3ccc(OCCN4CCCCC4)cc3)c(O)ccc2c1. The number of phenolic OH excluding ortho intramolecular Hbond substituents is 1. The lowest BCUT2D eigenvalue weighted by Crippen LogP contribution is -2.33. The second-order valence-corrected chi connectivity index (χ2v) is 7.72. The van der Waals surface area contributed by atoms with Crippen LogP contribution in [0.15, 0.2) is 54.6 Å². The van der Waals surface area contributed by atoms with E-state index >= 15 is 0 Å². The number of phenols is 1. The van der Waals surface area contributed by atoms with Crippen LogP contribution in [0.5, 0.6) is 17.2 Å². The summed E-state index contributed by atoms with van der Waals surface area (Å²) >= 11 is 0. The third-order valence-electron chi connectivity index (χ3n) is 5.74. The van der Waals surface area contributed by atoms with Gasteiger partial charge in [-0.1, -0.05) is 30.7 Å². The fourth-order valence-electron chi connectivity index (χ4n) is 4.06. The molecule has 0 atom stereocenters. The molecular weight excluding hydrogens is 362 g/mol. The first kappa shape index (κ1) is 19.6. The maximum absolute atomic E-state index is 10.4. The standard InChI is InChI=1S/C25H29NO3/c1-28-22-10-11-23-20(18-22)7-12-25(27)24(23)17-19-5-8-21(9-6-19)29-16-15-26-13-3-2-4-14-26/h5-12,18,27H,2-4,13-17H2,1H3. The number of nitrogens with zero attached hydrogens (tertiary/aromatic N) is 1. The van der Waals surface area contributed by atoms with Crippen LogP contribution in [-0.4, -0.2) is 43.4 Å². The molecule has 152 valence electrons. The van der Waals surface area contributed by atoms with Gasteiger partial charge in [-0.25, -0.2) is 0 Å². The number of piperidine rings is 1. The van der Waals surface area contributed by atoms with Crippen LogP contribution in [0, 0.1) is 0 Å². The summed E-state index contributed by atoms with van der Waals surface area (Å²) in [5, 5.41) is 12.5. The molecule has 1 aliphatic heterocycles. The van der Waals surface area contributed by atoms with Gasteiger partial charge in [0.2, 0.25) is 0 Å². The van der Waals surface area contributed by atoms with E-state index in [1.807, 2.05) is 36.4 Å². The van der Waals surface area contributed by atoms with Crippen molar-refractivity contribution in [2.45, 2.75) is 25.7 Å². The van der Waals surface area contributed by atoms with E-state index in [1.54, 1.807) is 13.2 Å². The Balaban J connectivity index is 1.41. The maximum Gasteiger partial charge on any atom is 0.119 e. The van der Waals surface area contributed by atoms with Gasteiger partial charge in [-0.05, 0) is 72.6 Å². The van der Waals surface area contributed by atoms with Crippen LogP contribution < -0.4 is 9.47 Å². The Morgan fingerprint density at radius 1 is 0.897 bits per heavy atom. The van der Waals surface area contributed by atoms with Crippen molar-refractivity contribution in [3.63, 3.8) is 0 Å². The van der Waals surface area contributed by atoms with Gasteiger partial charge >= 0.3 is 0 Å². The van der Waals surface area contributed by atoms with E-state index in [1.165, 1.54) is 32.4 Å². The molecule has 1 fully saturated rings. The Labute approximate surface area is 172 Å². The number of aromatic hydroxyl groups is 1. The number of hydrogen-bond donors (Lipinski definition) is 1. The van der Waals surface area contributed by atoms with Crippen molar-refractivity contribution in [2.75, 3.05) is 33.4 Å². The van der Waals surface area contributed by atoms with Crippen LogP contribution in [0.3, 0.4) is 0 Å². The Bertz CT molecular complexity index is 946. The molecular formula is C25H29NO3. The largest absolute Gasteiger partial charge is 0.508 e. The molecule has 1 N–H and O–H groups in total. The summed E-state index contributed by atoms with van der Waals surface area (Å²) in [7, 11) is 1.67. The third-order valence-corrected chi connectivity index (χ3v) is 5.74. The van der Waals surface area contributed by atoms with E-state index in [0.29, 0.717) is 12.2 Å². The molecule has 0 unspecified atom stereocenters. The number of benzene rings is 3. The number of rotatable bonds is 7. The molecule has 0 amide bonds. The molecule has 0 aromatic heterocycles. The van der Waals surface area contributed by atoms with E-state index in [2.05, 4.69) is 17.0 Å². The van der Waals surface area contributed by atoms with Crippen molar-refractivity contribution in [2.24, 2.45) is 0 Å². The van der Waals surface area contributed by atoms with Crippen molar-refractivity contribution in [1.82, 2.24) is 4.90 Å². The molecule has 1 aliphatic rings. The highest BCUT2D eigenvalue weighted by Crippen LogP contribution is 2.31. The number of methoxy groups -OCH3 is 1. The molecule has 0 spiro atoms. The molecule has 0 aliphatic carbocycles. The van der Waals surface area contributed by atoms with Crippen molar-refractivity contribution in [1.29, 1.82) is 0 Å². The molecule has 4 nitrogen and oxygen atoms in total. The van der Waals surface area contributed by atoms with Gasteiger partial charge in [0.25, 0.3) is 0 Å². The maximum atomic E-state index is 10.4. The van der Waals surface area contributed by atoms with Gasteiger partial charge in [0, 0.05) is 18.5 Å². The molecule has 1 heterocycles. The smallest absolute Gasteiger partial charge is 0.119 e. The van der Waals surface area contributed by atoms with Gasteiger partial charge in [-0.15, -0.1) is 0 Å². The monoisotopic (exact) mass is 391 g/mol. The minimum absolute atomic E-state index is 0.324. The van der Waals surface area contributed by atoms with E-state index in [0.717, 1.165) is 46.6 Å². The van der Waals surface area contributed by atoms with Gasteiger partial charge in [-0.3, -0.25) is 4.90 Å². The highest BCUT2D eigenvalue weighted by Gasteiger charge is 2.11. The second kappa shape index (κ2) is 9.19. The fraction of sp³-hybridized carbons (Fsp3) is 0.360. The zero-order chi connectivity index (χ0) is 20.1. The van der Waals surface area contributed by atoms with Crippen LogP contribution in [0.4, 0.5) is 0 Å². The molecule has 0 radical (unpaired) electrons. The first-order chi connectivity index (χ1) is 14.2. The molecule has 3 aromatic carbocycles. The Morgan fingerprint density at radius 3 is 2.41 bits per heavy atom. The van der Waals surface area contributed by atoms with Crippen LogP contribution >= 0.6 is 0 Å². The quantitative estimate of drug-likeness (QED) is 0.615. The average molecular weight is 392 g/mol. The van der Waals surface area contributed by atoms with Gasteiger partial charge in [0.15, 0.2) is 0 Å². The summed E-state index contributed by atoms with van der Waals surface area (Å²) in [6.07, 6.45) is 4.65. The topological polar surface area (TPSA) is 41.9 Å². The minimum Gasteiger partial charge on any atom is -0.508 e. The molecule has 29 heavy (non-hydrogen) atoms. The number of likely N-dealkylation sites (tertiary alicyclic amines) is 1. The first-order valence-electron chi connectivity index (χ1n) is 10.5. The average Bonchev–Trinajstić information content (AvgIpc) is 2.77. The van der Waals surface area contributed by atoms with Crippen molar-refractivity contribution in [3.05, 3.63) is 65.7 Å². The molecule has 0 saturated carbocycles. The molecule has 1 saturated heterocycles. The van der Waals surface area contributed by atoms with Gasteiger partial charge in [0.1, 0.15) is 23.9 Å². The lowest BCUT2D eigenvalue weighted by atomic mass is 9.97. The second-order valence-electron chi connectivity index (χ2n) is 7.72. The lowest BCUT2D eigenvalue weighted by Gasteiger charge is -2.26. The van der Waals surface area contributed by atoms with Crippen molar-refractivity contribution >= 4 is 10.8 Å². The van der Waals surface area contributed by atoms with E-state index < -0.39 is 0 Å². The first-order valence-corrected chi connectivity index (χ1v) is 10.5. The Hall–Kier alpha value is -2.72. The molecule has 4 rings (SSSR count). The van der Waals surface area contributed by atoms with E-state index in [9.17, 15) is 5.11 Å². The highest BCUT2D eigenvalue weighted by atomic mass is 16.5. The van der Waals surface area contributed by atoms with Crippen LogP contribution in [0.25, 0.3) is 10.8 Å². The predicted molar refractivity (Wildman–Crippen MR) is 117 cm³/mol. The molecule has 3 aromatic rings. The van der Waals surface area contributed by atoms with E-state index in [4.69, 9.17) is 9.47 Å². The number of fused-ring (bicyclic) bond motifs is 1. The normalized spacial score (nSPS) is 14.8. The Kier molecular flexibility index (Phi) is 6.20. The summed E-state index contributed by atoms with van der Waals surface area (Å²) in [6, 6.07) is 17.8. The zero-order valence-corrected chi connectivity index (χ0v) is 17.1. The fourth-order valence-corrected chi connectivity index (χ4v) is 4.06. The Morgan fingerprint density at radius 2 is 1.66 bits per heavy atom. The van der Waals surface area contributed by atoms with Gasteiger partial charge in [-0.2, -0.15) is 0 Å². The third kappa shape index (κ3) is 4.83. The predicted octanol–water partition coefficient (Wildman–Crippen LogP) is 5.01. The summed E-state index contributed by atoms with van der Waals surface area (Å²) < 4.78 is 11.2. The zero-order valence-electron chi connectivity index (χ0n) is 17.1. The highest BCUT2D eigenvalue weighted by molar-refractivity contribution is 5.89. The summed E-state index contributed by atoms with van der Waals surface area (Å²) in [5.74, 6) is 2.04. The van der Waals surface area contributed by atoms with Crippen molar-refractivity contribution < 1.29 is 14.6 Å². The molecule has 4 heteroatoms. The van der Waals surface area contributed by atoms with Gasteiger partial charge in [0.05, 0.1) is 7.11 Å². The number of ether oxygens (including phenoxy) is 2. The summed E-state index contributed by atoms with van der Waals surface area (Å²) in [6.45, 7) is 4.12. The molecule has 0 bridgehead atoms. The van der Waals surface area contributed by atoms with Crippen LogP contribution in [-0.2, 0) is 6.42 Å². The summed E-state index contributed by atoms with van der Waals surface area (Å²) in [4.78, 5) is 2.48. The van der Waals surface area contributed by atoms with Gasteiger partial charge < -0.3 is 14.6 Å². The van der Waals surface area contributed by atoms with Crippen LogP contribution in [0.2, 0.25) is 0 Å². The lowest BCUT2D eigenvalue weighted by molar-refractivity contribution is 0.183. The number of hydrogen-bond acceptors (Lipinski definition) is 4. The minimum atomic E-state index is 0.324. The van der Waals surface area contributed by atoms with Crippen molar-refractivity contribution in [3.8, 4) is 17.2 Å².